The van der Waals surface area contributed by atoms with Crippen molar-refractivity contribution in [2.45, 2.75) is 6.42 Å². The standard InChI is InChI=1S/C21H25F3N4O3.HI/c1-25-21(26-12-18(29)27-15-7-6-14(22)19(23)20(15)24)28(2)10-9-13-5-8-16(30-3)17(11-13)31-4;/h5-8,11H,9-10,12H2,1-4H3,(H,25,26)(H,27,29);1H. The Bertz CT molecular complexity index is 960. The molecule has 7 nitrogen and oxygen atoms in total. The molecule has 0 fully saturated rings. The first-order chi connectivity index (χ1) is 14.8. The van der Waals surface area contributed by atoms with Crippen LogP contribution < -0.4 is 20.1 Å². The molecule has 0 atom stereocenters. The van der Waals surface area contributed by atoms with Gasteiger partial charge in [0.05, 0.1) is 26.5 Å². The molecule has 0 heterocycles. The largest absolute Gasteiger partial charge is 0.493 e. The maximum atomic E-state index is 13.7. The Balaban J connectivity index is 0.00000512. The first kappa shape index (κ1) is 27.3. The maximum absolute atomic E-state index is 13.7. The van der Waals surface area contributed by atoms with Crippen LogP contribution in [0, 0.1) is 17.5 Å². The number of guanidine groups is 1. The smallest absolute Gasteiger partial charge is 0.243 e. The average Bonchev–Trinajstić information content (AvgIpc) is 2.78. The molecule has 2 rings (SSSR count). The molecule has 0 unspecified atom stereocenters. The van der Waals surface area contributed by atoms with E-state index in [1.54, 1.807) is 28.3 Å². The lowest BCUT2D eigenvalue weighted by Gasteiger charge is -2.22. The number of likely N-dealkylation sites (N-methyl/N-ethyl adjacent to an activating group) is 1. The molecular weight excluding hydrogens is 540 g/mol. The van der Waals surface area contributed by atoms with E-state index in [2.05, 4.69) is 15.6 Å². The predicted molar refractivity (Wildman–Crippen MR) is 128 cm³/mol. The third kappa shape index (κ3) is 7.18. The van der Waals surface area contributed by atoms with Crippen LogP contribution in [-0.4, -0.2) is 58.2 Å². The van der Waals surface area contributed by atoms with Gasteiger partial charge in [-0.2, -0.15) is 0 Å². The van der Waals surface area contributed by atoms with Gasteiger partial charge in [0.2, 0.25) is 5.91 Å². The van der Waals surface area contributed by atoms with Crippen molar-refractivity contribution < 1.29 is 27.4 Å². The van der Waals surface area contributed by atoms with E-state index in [-0.39, 0.29) is 30.5 Å². The molecule has 11 heteroatoms. The van der Waals surface area contributed by atoms with Crippen LogP contribution in [0.1, 0.15) is 5.56 Å². The molecule has 0 aliphatic carbocycles. The number of nitrogens with one attached hydrogen (secondary N) is 2. The van der Waals surface area contributed by atoms with Crippen molar-refractivity contribution in [3.05, 3.63) is 53.3 Å². The van der Waals surface area contributed by atoms with Gasteiger partial charge in [-0.3, -0.25) is 9.79 Å². The van der Waals surface area contributed by atoms with Crippen LogP contribution in [0.15, 0.2) is 35.3 Å². The van der Waals surface area contributed by atoms with Gasteiger partial charge < -0.3 is 25.0 Å². The predicted octanol–water partition coefficient (Wildman–Crippen LogP) is 3.43. The fourth-order valence-corrected chi connectivity index (χ4v) is 2.80. The molecule has 0 radical (unpaired) electrons. The van der Waals surface area contributed by atoms with Gasteiger partial charge in [0.1, 0.15) is 0 Å². The van der Waals surface area contributed by atoms with Gasteiger partial charge in [-0.05, 0) is 36.2 Å². The van der Waals surface area contributed by atoms with Crippen LogP contribution in [-0.2, 0) is 11.2 Å². The number of carbonyl (C=O) groups is 1. The lowest BCUT2D eigenvalue weighted by atomic mass is 10.1. The maximum Gasteiger partial charge on any atom is 0.243 e. The molecule has 0 spiro atoms. The number of hydrogen-bond acceptors (Lipinski definition) is 4. The molecule has 32 heavy (non-hydrogen) atoms. The number of hydrogen-bond donors (Lipinski definition) is 2. The molecule has 0 saturated carbocycles. The lowest BCUT2D eigenvalue weighted by molar-refractivity contribution is -0.115. The van der Waals surface area contributed by atoms with Crippen molar-refractivity contribution >= 4 is 41.5 Å². The van der Waals surface area contributed by atoms with Crippen molar-refractivity contribution in [2.24, 2.45) is 4.99 Å². The molecule has 0 aliphatic heterocycles. The van der Waals surface area contributed by atoms with Gasteiger partial charge in [0.25, 0.3) is 0 Å². The van der Waals surface area contributed by atoms with E-state index >= 15 is 0 Å². The number of carbonyl (C=O) groups excluding carboxylic acids is 1. The van der Waals surface area contributed by atoms with E-state index < -0.39 is 29.0 Å². The van der Waals surface area contributed by atoms with Crippen LogP contribution in [0.5, 0.6) is 11.5 Å². The van der Waals surface area contributed by atoms with Gasteiger partial charge in [-0.15, -0.1) is 24.0 Å². The summed E-state index contributed by atoms with van der Waals surface area (Å²) in [5, 5.41) is 5.04. The zero-order valence-corrected chi connectivity index (χ0v) is 20.5. The van der Waals surface area contributed by atoms with E-state index in [1.165, 1.54) is 0 Å². The summed E-state index contributed by atoms with van der Waals surface area (Å²) in [7, 11) is 6.49. The zero-order chi connectivity index (χ0) is 23.0. The fourth-order valence-electron chi connectivity index (χ4n) is 2.80. The number of methoxy groups -OCH3 is 2. The minimum absolute atomic E-state index is 0. The molecule has 2 N–H and O–H groups in total. The number of halogens is 4. The van der Waals surface area contributed by atoms with Crippen LogP contribution in [0.3, 0.4) is 0 Å². The number of nitrogens with zero attached hydrogens (tertiary/aromatic N) is 2. The monoisotopic (exact) mass is 566 g/mol. The molecule has 0 aromatic heterocycles. The second-order valence-corrected chi connectivity index (χ2v) is 6.53. The topological polar surface area (TPSA) is 75.2 Å². The third-order valence-electron chi connectivity index (χ3n) is 4.47. The van der Waals surface area contributed by atoms with Crippen LogP contribution >= 0.6 is 24.0 Å². The summed E-state index contributed by atoms with van der Waals surface area (Å²) >= 11 is 0. The number of benzene rings is 2. The summed E-state index contributed by atoms with van der Waals surface area (Å²) in [5.41, 5.74) is 0.578. The number of rotatable bonds is 8. The van der Waals surface area contributed by atoms with E-state index in [0.717, 1.165) is 17.7 Å². The highest BCUT2D eigenvalue weighted by Gasteiger charge is 2.16. The molecule has 0 saturated heterocycles. The van der Waals surface area contributed by atoms with E-state index in [0.29, 0.717) is 30.4 Å². The summed E-state index contributed by atoms with van der Waals surface area (Å²) in [6.45, 7) is 0.334. The Labute approximate surface area is 202 Å². The second kappa shape index (κ2) is 13.0. The van der Waals surface area contributed by atoms with Gasteiger partial charge in [-0.1, -0.05) is 6.07 Å². The molecule has 1 amide bonds. The summed E-state index contributed by atoms with van der Waals surface area (Å²) in [6.07, 6.45) is 0.670. The van der Waals surface area contributed by atoms with Crippen molar-refractivity contribution in [3.63, 3.8) is 0 Å². The Morgan fingerprint density at radius 3 is 2.38 bits per heavy atom. The first-order valence-electron chi connectivity index (χ1n) is 9.36. The summed E-state index contributed by atoms with van der Waals surface area (Å²) in [5.74, 6) is -3.36. The summed E-state index contributed by atoms with van der Waals surface area (Å²) < 4.78 is 50.5. The molecule has 176 valence electrons. The van der Waals surface area contributed by atoms with E-state index in [1.807, 2.05) is 23.1 Å². The molecular formula is C21H26F3IN4O3. The molecule has 2 aromatic carbocycles. The number of ether oxygens (including phenoxy) is 2. The minimum atomic E-state index is -1.64. The lowest BCUT2D eigenvalue weighted by Crippen LogP contribution is -2.43. The highest BCUT2D eigenvalue weighted by molar-refractivity contribution is 14.0. The Kier molecular flexibility index (Phi) is 11.1. The van der Waals surface area contributed by atoms with Gasteiger partial charge in [0, 0.05) is 20.6 Å². The Morgan fingerprint density at radius 1 is 1.06 bits per heavy atom. The van der Waals surface area contributed by atoms with Crippen molar-refractivity contribution in [3.8, 4) is 11.5 Å². The van der Waals surface area contributed by atoms with Crippen LogP contribution in [0.4, 0.5) is 18.9 Å². The average molecular weight is 566 g/mol. The van der Waals surface area contributed by atoms with Crippen LogP contribution in [0.2, 0.25) is 0 Å². The van der Waals surface area contributed by atoms with Crippen LogP contribution in [0.25, 0.3) is 0 Å². The second-order valence-electron chi connectivity index (χ2n) is 6.53. The first-order valence-corrected chi connectivity index (χ1v) is 9.36. The normalized spacial score (nSPS) is 10.8. The Hall–Kier alpha value is -2.70. The van der Waals surface area contributed by atoms with E-state index in [9.17, 15) is 18.0 Å². The van der Waals surface area contributed by atoms with Crippen molar-refractivity contribution in [2.75, 3.05) is 46.7 Å². The Morgan fingerprint density at radius 2 is 1.75 bits per heavy atom. The minimum Gasteiger partial charge on any atom is -0.493 e. The van der Waals surface area contributed by atoms with E-state index in [4.69, 9.17) is 9.47 Å². The molecule has 0 aliphatic rings. The zero-order valence-electron chi connectivity index (χ0n) is 18.2. The highest BCUT2D eigenvalue weighted by Crippen LogP contribution is 2.27. The van der Waals surface area contributed by atoms with Gasteiger partial charge in [0.15, 0.2) is 34.9 Å². The van der Waals surface area contributed by atoms with Crippen molar-refractivity contribution in [1.29, 1.82) is 0 Å². The van der Waals surface area contributed by atoms with Gasteiger partial charge >= 0.3 is 0 Å². The fraction of sp³-hybridized carbons (Fsp3) is 0.333. The number of aliphatic imine (C=N–C) groups is 1. The number of anilines is 1. The number of amides is 1. The SMILES string of the molecule is CN=C(NCC(=O)Nc1ccc(F)c(F)c1F)N(C)CCc1ccc(OC)c(OC)c1.I. The quantitative estimate of drug-likeness (QED) is 0.222. The summed E-state index contributed by atoms with van der Waals surface area (Å²) in [6, 6.07) is 7.32. The van der Waals surface area contributed by atoms with Gasteiger partial charge in [-0.25, -0.2) is 13.2 Å². The third-order valence-corrected chi connectivity index (χ3v) is 4.47. The molecule has 2 aromatic rings. The molecule has 0 bridgehead atoms. The van der Waals surface area contributed by atoms with Crippen molar-refractivity contribution in [1.82, 2.24) is 10.2 Å². The highest BCUT2D eigenvalue weighted by atomic mass is 127. The summed E-state index contributed by atoms with van der Waals surface area (Å²) in [4.78, 5) is 18.0.